The molecule has 4 rings (SSSR count). The molecule has 1 N–H and O–H groups in total. The van der Waals surface area contributed by atoms with E-state index in [4.69, 9.17) is 9.47 Å². The van der Waals surface area contributed by atoms with Crippen LogP contribution in [0.1, 0.15) is 29.6 Å². The number of benzene rings is 1. The third-order valence-electron chi connectivity index (χ3n) is 4.25. The summed E-state index contributed by atoms with van der Waals surface area (Å²) in [6.07, 6.45) is 3.69. The molecule has 0 aromatic heterocycles. The first-order chi connectivity index (χ1) is 9.79. The van der Waals surface area contributed by atoms with Crippen molar-refractivity contribution in [2.45, 2.75) is 31.3 Å². The predicted molar refractivity (Wildman–Crippen MR) is 73.0 cm³/mol. The Morgan fingerprint density at radius 2 is 2.05 bits per heavy atom. The van der Waals surface area contributed by atoms with Crippen molar-refractivity contribution in [2.75, 3.05) is 19.9 Å². The molecule has 0 unspecified atom stereocenters. The lowest BCUT2D eigenvalue weighted by Gasteiger charge is -2.15. The van der Waals surface area contributed by atoms with Gasteiger partial charge in [0.15, 0.2) is 11.5 Å². The SMILES string of the molecule is O=C(N[C@@H]1CCN(C2CC2)C1)c1ccc2c(c1)OCO2. The van der Waals surface area contributed by atoms with E-state index in [1.807, 2.05) is 0 Å². The van der Waals surface area contributed by atoms with Crippen molar-refractivity contribution in [3.8, 4) is 11.5 Å². The molecular formula is C15H18N2O3. The standard InChI is InChI=1S/C15H18N2O3/c18-15(10-1-4-13-14(7-10)20-9-19-13)16-11-5-6-17(8-11)12-2-3-12/h1,4,7,11-12H,2-3,5-6,8-9H2,(H,16,18)/t11-/m1/s1. The molecule has 0 bridgehead atoms. The van der Waals surface area contributed by atoms with Gasteiger partial charge in [-0.25, -0.2) is 0 Å². The average Bonchev–Trinajstić information content (AvgIpc) is 3.02. The van der Waals surface area contributed by atoms with E-state index >= 15 is 0 Å². The number of carbonyl (C=O) groups excluding carboxylic acids is 1. The normalized spacial score (nSPS) is 24.9. The molecule has 1 saturated heterocycles. The molecule has 0 radical (unpaired) electrons. The quantitative estimate of drug-likeness (QED) is 0.905. The summed E-state index contributed by atoms with van der Waals surface area (Å²) in [5, 5.41) is 3.12. The molecule has 106 valence electrons. The Morgan fingerprint density at radius 1 is 1.20 bits per heavy atom. The van der Waals surface area contributed by atoms with Gasteiger partial charge >= 0.3 is 0 Å². The molecule has 1 amide bonds. The fourth-order valence-electron chi connectivity index (χ4n) is 2.98. The van der Waals surface area contributed by atoms with Crippen LogP contribution in [0.5, 0.6) is 11.5 Å². The van der Waals surface area contributed by atoms with Crippen LogP contribution >= 0.6 is 0 Å². The molecular weight excluding hydrogens is 256 g/mol. The summed E-state index contributed by atoms with van der Waals surface area (Å²) in [6.45, 7) is 2.33. The summed E-state index contributed by atoms with van der Waals surface area (Å²) >= 11 is 0. The van der Waals surface area contributed by atoms with Crippen molar-refractivity contribution in [3.05, 3.63) is 23.8 Å². The van der Waals surface area contributed by atoms with Crippen LogP contribution in [0.3, 0.4) is 0 Å². The van der Waals surface area contributed by atoms with Gasteiger partial charge in [-0.05, 0) is 37.5 Å². The molecule has 1 aromatic carbocycles. The number of nitrogens with one attached hydrogen (secondary N) is 1. The lowest BCUT2D eigenvalue weighted by atomic mass is 10.1. The van der Waals surface area contributed by atoms with Crippen LogP contribution in [-0.2, 0) is 0 Å². The smallest absolute Gasteiger partial charge is 0.251 e. The van der Waals surface area contributed by atoms with Crippen LogP contribution < -0.4 is 14.8 Å². The van der Waals surface area contributed by atoms with Gasteiger partial charge in [-0.3, -0.25) is 9.69 Å². The average molecular weight is 274 g/mol. The van der Waals surface area contributed by atoms with Gasteiger partial charge in [-0.15, -0.1) is 0 Å². The van der Waals surface area contributed by atoms with E-state index < -0.39 is 0 Å². The highest BCUT2D eigenvalue weighted by Gasteiger charge is 2.34. The lowest BCUT2D eigenvalue weighted by Crippen LogP contribution is -2.37. The van der Waals surface area contributed by atoms with Crippen molar-refractivity contribution in [1.82, 2.24) is 10.2 Å². The lowest BCUT2D eigenvalue weighted by molar-refractivity contribution is 0.0937. The Morgan fingerprint density at radius 3 is 2.90 bits per heavy atom. The largest absolute Gasteiger partial charge is 0.454 e. The van der Waals surface area contributed by atoms with Gasteiger partial charge in [0.25, 0.3) is 5.91 Å². The van der Waals surface area contributed by atoms with Gasteiger partial charge in [0.1, 0.15) is 0 Å². The molecule has 1 saturated carbocycles. The number of rotatable bonds is 3. The highest BCUT2D eigenvalue weighted by molar-refractivity contribution is 5.95. The molecule has 1 aliphatic carbocycles. The monoisotopic (exact) mass is 274 g/mol. The second-order valence-corrected chi connectivity index (χ2v) is 5.75. The molecule has 5 heteroatoms. The maximum absolute atomic E-state index is 12.3. The molecule has 2 aliphatic heterocycles. The number of nitrogens with zero attached hydrogens (tertiary/aromatic N) is 1. The van der Waals surface area contributed by atoms with E-state index in [9.17, 15) is 4.79 Å². The minimum absolute atomic E-state index is 0.0223. The number of fused-ring (bicyclic) bond motifs is 1. The summed E-state index contributed by atoms with van der Waals surface area (Å²) in [6, 6.07) is 6.39. The van der Waals surface area contributed by atoms with Gasteiger partial charge in [0.2, 0.25) is 6.79 Å². The maximum atomic E-state index is 12.3. The molecule has 0 spiro atoms. The van der Waals surface area contributed by atoms with E-state index in [1.54, 1.807) is 18.2 Å². The first-order valence-corrected chi connectivity index (χ1v) is 7.24. The molecule has 2 fully saturated rings. The third-order valence-corrected chi connectivity index (χ3v) is 4.25. The summed E-state index contributed by atoms with van der Waals surface area (Å²) in [5.74, 6) is 1.34. The van der Waals surface area contributed by atoms with Crippen LogP contribution in [-0.4, -0.2) is 42.8 Å². The zero-order chi connectivity index (χ0) is 13.5. The first-order valence-electron chi connectivity index (χ1n) is 7.24. The van der Waals surface area contributed by atoms with E-state index in [2.05, 4.69) is 10.2 Å². The van der Waals surface area contributed by atoms with Crippen molar-refractivity contribution >= 4 is 5.91 Å². The van der Waals surface area contributed by atoms with Gasteiger partial charge < -0.3 is 14.8 Å². The van der Waals surface area contributed by atoms with Gasteiger partial charge in [0.05, 0.1) is 0 Å². The van der Waals surface area contributed by atoms with Crippen LogP contribution in [0.2, 0.25) is 0 Å². The van der Waals surface area contributed by atoms with E-state index in [0.717, 1.165) is 25.6 Å². The van der Waals surface area contributed by atoms with Gasteiger partial charge in [-0.1, -0.05) is 0 Å². The number of amides is 1. The van der Waals surface area contributed by atoms with Gasteiger partial charge in [0, 0.05) is 30.7 Å². The second-order valence-electron chi connectivity index (χ2n) is 5.75. The van der Waals surface area contributed by atoms with Crippen molar-refractivity contribution in [2.24, 2.45) is 0 Å². The fraction of sp³-hybridized carbons (Fsp3) is 0.533. The number of ether oxygens (including phenoxy) is 2. The zero-order valence-corrected chi connectivity index (χ0v) is 11.3. The fourth-order valence-corrected chi connectivity index (χ4v) is 2.98. The Kier molecular flexibility index (Phi) is 2.80. The van der Waals surface area contributed by atoms with Crippen LogP contribution in [0, 0.1) is 0 Å². The minimum atomic E-state index is -0.0223. The van der Waals surface area contributed by atoms with Gasteiger partial charge in [-0.2, -0.15) is 0 Å². The summed E-state index contributed by atoms with van der Waals surface area (Å²) in [4.78, 5) is 14.8. The number of likely N-dealkylation sites (tertiary alicyclic amines) is 1. The molecule has 20 heavy (non-hydrogen) atoms. The van der Waals surface area contributed by atoms with E-state index in [-0.39, 0.29) is 18.7 Å². The van der Waals surface area contributed by atoms with E-state index in [0.29, 0.717) is 17.1 Å². The van der Waals surface area contributed by atoms with Crippen molar-refractivity contribution < 1.29 is 14.3 Å². The summed E-state index contributed by atoms with van der Waals surface area (Å²) in [5.41, 5.74) is 0.638. The molecule has 3 aliphatic rings. The summed E-state index contributed by atoms with van der Waals surface area (Å²) in [7, 11) is 0. The first kappa shape index (κ1) is 12.0. The third kappa shape index (κ3) is 2.22. The molecule has 1 atom stereocenters. The molecule has 5 nitrogen and oxygen atoms in total. The molecule has 2 heterocycles. The van der Waals surface area contributed by atoms with Crippen molar-refractivity contribution in [3.63, 3.8) is 0 Å². The molecule has 1 aromatic rings. The highest BCUT2D eigenvalue weighted by atomic mass is 16.7. The Hall–Kier alpha value is -1.75. The highest BCUT2D eigenvalue weighted by Crippen LogP contribution is 2.33. The van der Waals surface area contributed by atoms with Crippen molar-refractivity contribution in [1.29, 1.82) is 0 Å². The second kappa shape index (κ2) is 4.66. The van der Waals surface area contributed by atoms with Crippen LogP contribution in [0.4, 0.5) is 0 Å². The number of carbonyl (C=O) groups is 1. The number of hydrogen-bond donors (Lipinski definition) is 1. The van der Waals surface area contributed by atoms with E-state index in [1.165, 1.54) is 12.8 Å². The predicted octanol–water partition coefficient (Wildman–Crippen LogP) is 1.38. The van der Waals surface area contributed by atoms with Crippen LogP contribution in [0.25, 0.3) is 0 Å². The summed E-state index contributed by atoms with van der Waals surface area (Å²) < 4.78 is 10.6. The minimum Gasteiger partial charge on any atom is -0.454 e. The maximum Gasteiger partial charge on any atom is 0.251 e. The number of hydrogen-bond acceptors (Lipinski definition) is 4. The Bertz CT molecular complexity index is 542. The zero-order valence-electron chi connectivity index (χ0n) is 11.3. The topological polar surface area (TPSA) is 50.8 Å². The Balaban J connectivity index is 1.40. The van der Waals surface area contributed by atoms with Crippen LogP contribution in [0.15, 0.2) is 18.2 Å². The Labute approximate surface area is 117 Å².